The number of halogens is 1. The van der Waals surface area contributed by atoms with Gasteiger partial charge in [0.1, 0.15) is 5.15 Å². The fourth-order valence-electron chi connectivity index (χ4n) is 4.65. The van der Waals surface area contributed by atoms with Gasteiger partial charge >= 0.3 is 0 Å². The molecule has 164 valence electrons. The average Bonchev–Trinajstić information content (AvgIpc) is 2.82. The lowest BCUT2D eigenvalue weighted by Gasteiger charge is -2.35. The van der Waals surface area contributed by atoms with Gasteiger partial charge in [-0.1, -0.05) is 30.9 Å². The number of hydrogen-bond donors (Lipinski definition) is 2. The van der Waals surface area contributed by atoms with E-state index in [1.165, 1.54) is 25.5 Å². The average molecular weight is 440 g/mol. The zero-order valence-electron chi connectivity index (χ0n) is 17.8. The Kier molecular flexibility index (Phi) is 7.17. The van der Waals surface area contributed by atoms with E-state index in [9.17, 15) is 4.79 Å². The van der Waals surface area contributed by atoms with Crippen molar-refractivity contribution in [1.82, 2.24) is 20.2 Å². The van der Waals surface area contributed by atoms with Crippen LogP contribution in [-0.4, -0.2) is 46.6 Å². The molecular weight excluding hydrogens is 410 g/mol. The predicted molar refractivity (Wildman–Crippen MR) is 125 cm³/mol. The highest BCUT2D eigenvalue weighted by Crippen LogP contribution is 2.27. The second kappa shape index (κ2) is 10.2. The molecule has 7 heteroatoms. The summed E-state index contributed by atoms with van der Waals surface area (Å²) < 4.78 is 0. The summed E-state index contributed by atoms with van der Waals surface area (Å²) in [4.78, 5) is 23.5. The lowest BCUT2D eigenvalue weighted by Crippen LogP contribution is -2.43. The number of hydrogen-bond acceptors (Lipinski definition) is 5. The minimum absolute atomic E-state index is 0.265. The van der Waals surface area contributed by atoms with Crippen molar-refractivity contribution >= 4 is 40.3 Å². The van der Waals surface area contributed by atoms with Gasteiger partial charge in [0, 0.05) is 55.3 Å². The van der Waals surface area contributed by atoms with E-state index in [1.807, 2.05) is 18.3 Å². The molecule has 0 bridgehead atoms. The van der Waals surface area contributed by atoms with Gasteiger partial charge in [-0.15, -0.1) is 0 Å². The number of allylic oxidation sites excluding steroid dienone is 1. The van der Waals surface area contributed by atoms with E-state index in [-0.39, 0.29) is 5.92 Å². The number of fused-ring (bicyclic) bond motifs is 1. The number of piperidine rings is 1. The molecule has 1 aliphatic carbocycles. The monoisotopic (exact) mass is 439 g/mol. The largest absolute Gasteiger partial charge is 0.390 e. The van der Waals surface area contributed by atoms with Crippen molar-refractivity contribution in [1.29, 1.82) is 5.41 Å². The molecule has 4 rings (SSSR count). The topological polar surface area (TPSA) is 82.0 Å². The molecule has 1 saturated heterocycles. The molecule has 1 aliphatic heterocycles. The summed E-state index contributed by atoms with van der Waals surface area (Å²) in [6, 6.07) is 5.47. The van der Waals surface area contributed by atoms with Crippen LogP contribution < -0.4 is 5.32 Å². The van der Waals surface area contributed by atoms with Crippen LogP contribution in [0.3, 0.4) is 0 Å². The third-order valence-electron chi connectivity index (χ3n) is 6.54. The van der Waals surface area contributed by atoms with E-state index < -0.39 is 0 Å². The Labute approximate surface area is 188 Å². The lowest BCUT2D eigenvalue weighted by atomic mass is 9.87. The van der Waals surface area contributed by atoms with E-state index in [0.29, 0.717) is 22.5 Å². The second-order valence-corrected chi connectivity index (χ2v) is 9.04. The fourth-order valence-corrected chi connectivity index (χ4v) is 4.80. The minimum atomic E-state index is 0.265. The predicted octanol–water partition coefficient (Wildman–Crippen LogP) is 4.68. The van der Waals surface area contributed by atoms with Crippen molar-refractivity contribution in [3.8, 4) is 0 Å². The first-order chi connectivity index (χ1) is 15.1. The number of amides is 1. The van der Waals surface area contributed by atoms with Crippen LogP contribution >= 0.6 is 11.6 Å². The van der Waals surface area contributed by atoms with Crippen LogP contribution in [0.25, 0.3) is 16.6 Å². The molecule has 2 fully saturated rings. The van der Waals surface area contributed by atoms with Crippen molar-refractivity contribution in [2.45, 2.75) is 44.9 Å². The van der Waals surface area contributed by atoms with Crippen molar-refractivity contribution < 1.29 is 4.79 Å². The number of carbonyl (C=O) groups excluding carboxylic acids is 1. The molecule has 31 heavy (non-hydrogen) atoms. The number of rotatable bonds is 6. The summed E-state index contributed by atoms with van der Waals surface area (Å²) in [5.74, 6) is 1.19. The Balaban J connectivity index is 1.30. The molecule has 0 radical (unpaired) electrons. The first kappa shape index (κ1) is 21.8. The first-order valence-corrected chi connectivity index (χ1v) is 11.7. The van der Waals surface area contributed by atoms with Gasteiger partial charge in [-0.25, -0.2) is 4.98 Å². The minimum Gasteiger partial charge on any atom is -0.390 e. The quantitative estimate of drug-likeness (QED) is 0.505. The van der Waals surface area contributed by atoms with Gasteiger partial charge in [0.05, 0.1) is 11.0 Å². The highest BCUT2D eigenvalue weighted by molar-refractivity contribution is 6.29. The third kappa shape index (κ3) is 5.42. The summed E-state index contributed by atoms with van der Waals surface area (Å²) >= 11 is 5.99. The molecule has 2 aromatic rings. The number of nitrogens with zero attached hydrogens (tertiary/aromatic N) is 3. The Morgan fingerprint density at radius 3 is 2.68 bits per heavy atom. The normalized spacial score (nSPS) is 18.9. The summed E-state index contributed by atoms with van der Waals surface area (Å²) in [6.07, 6.45) is 12.8. The van der Waals surface area contributed by atoms with Crippen LogP contribution in [0.15, 0.2) is 30.6 Å². The van der Waals surface area contributed by atoms with Crippen LogP contribution in [0, 0.1) is 17.2 Å². The Hall–Kier alpha value is -2.47. The molecule has 2 N–H and O–H groups in total. The first-order valence-electron chi connectivity index (χ1n) is 11.3. The van der Waals surface area contributed by atoms with Gasteiger partial charge in [-0.2, -0.15) is 0 Å². The summed E-state index contributed by atoms with van der Waals surface area (Å²) in [5.41, 5.74) is 3.08. The molecule has 3 heterocycles. The number of carbonyl (C=O) groups is 1. The van der Waals surface area contributed by atoms with Gasteiger partial charge < -0.3 is 15.6 Å². The Morgan fingerprint density at radius 1 is 1.16 bits per heavy atom. The van der Waals surface area contributed by atoms with Crippen LogP contribution in [0.1, 0.15) is 50.5 Å². The maximum atomic E-state index is 12.7. The molecule has 1 saturated carbocycles. The van der Waals surface area contributed by atoms with Crippen LogP contribution in [0.5, 0.6) is 0 Å². The smallest absolute Gasteiger partial charge is 0.225 e. The van der Waals surface area contributed by atoms with Gasteiger partial charge in [0.25, 0.3) is 0 Å². The fraction of sp³-hybridized carbons (Fsp3) is 0.500. The van der Waals surface area contributed by atoms with Crippen molar-refractivity contribution in [2.75, 3.05) is 19.6 Å². The second-order valence-electron chi connectivity index (χ2n) is 8.65. The summed E-state index contributed by atoms with van der Waals surface area (Å²) in [6.45, 7) is 2.57. The SMILES string of the molecule is N=C/C(=C\NCC1CCN(C(=O)C2CCCCC2)CC1)c1cnc2ccc(Cl)nc2c1. The number of aromatic nitrogens is 2. The number of likely N-dealkylation sites (tertiary alicyclic amines) is 1. The third-order valence-corrected chi connectivity index (χ3v) is 6.75. The van der Waals surface area contributed by atoms with E-state index in [4.69, 9.17) is 17.0 Å². The standard InChI is InChI=1S/C24H30ClN5O/c25-23-7-6-21-22(29-23)12-19(16-28-21)20(13-26)15-27-14-17-8-10-30(11-9-17)24(31)18-4-2-1-3-5-18/h6-7,12-13,15-18,26-27H,1-5,8-11,14H2/b20-15+,26-13?. The van der Waals surface area contributed by atoms with E-state index >= 15 is 0 Å². The molecule has 6 nitrogen and oxygen atoms in total. The van der Waals surface area contributed by atoms with E-state index in [1.54, 1.807) is 12.3 Å². The van der Waals surface area contributed by atoms with Crippen LogP contribution in [0.2, 0.25) is 5.15 Å². The van der Waals surface area contributed by atoms with Gasteiger partial charge in [0.2, 0.25) is 5.91 Å². The van der Waals surface area contributed by atoms with Crippen LogP contribution in [-0.2, 0) is 4.79 Å². The molecule has 0 aromatic carbocycles. The molecule has 0 atom stereocenters. The zero-order valence-corrected chi connectivity index (χ0v) is 18.6. The Bertz CT molecular complexity index is 962. The van der Waals surface area contributed by atoms with Gasteiger partial charge in [0.15, 0.2) is 0 Å². The van der Waals surface area contributed by atoms with Crippen molar-refractivity contribution in [2.24, 2.45) is 11.8 Å². The molecule has 2 aliphatic rings. The molecular formula is C24H30ClN5O. The summed E-state index contributed by atoms with van der Waals surface area (Å²) in [7, 11) is 0. The molecule has 2 aromatic heterocycles. The number of pyridine rings is 2. The van der Waals surface area contributed by atoms with Gasteiger partial charge in [-0.05, 0) is 49.8 Å². The summed E-state index contributed by atoms with van der Waals surface area (Å²) in [5, 5.41) is 11.6. The number of nitrogens with one attached hydrogen (secondary N) is 2. The highest BCUT2D eigenvalue weighted by atomic mass is 35.5. The highest BCUT2D eigenvalue weighted by Gasteiger charge is 2.28. The van der Waals surface area contributed by atoms with E-state index in [0.717, 1.165) is 62.0 Å². The maximum absolute atomic E-state index is 12.7. The van der Waals surface area contributed by atoms with Crippen molar-refractivity contribution in [3.05, 3.63) is 41.3 Å². The maximum Gasteiger partial charge on any atom is 0.225 e. The Morgan fingerprint density at radius 2 is 1.94 bits per heavy atom. The molecule has 0 spiro atoms. The molecule has 1 amide bonds. The van der Waals surface area contributed by atoms with E-state index in [2.05, 4.69) is 20.2 Å². The lowest BCUT2D eigenvalue weighted by molar-refractivity contribution is -0.137. The van der Waals surface area contributed by atoms with Gasteiger partial charge in [-0.3, -0.25) is 9.78 Å². The molecule has 0 unspecified atom stereocenters. The zero-order chi connectivity index (χ0) is 21.6. The van der Waals surface area contributed by atoms with Crippen molar-refractivity contribution in [3.63, 3.8) is 0 Å². The van der Waals surface area contributed by atoms with Crippen LogP contribution in [0.4, 0.5) is 0 Å².